The summed E-state index contributed by atoms with van der Waals surface area (Å²) in [5, 5.41) is 2.10. The Hall–Kier alpha value is -3.03. The van der Waals surface area contributed by atoms with Crippen molar-refractivity contribution in [1.82, 2.24) is 9.55 Å². The van der Waals surface area contributed by atoms with E-state index < -0.39 is 0 Å². The molecule has 4 rings (SSSR count). The summed E-state index contributed by atoms with van der Waals surface area (Å²) < 4.78 is 20.7. The van der Waals surface area contributed by atoms with E-state index in [9.17, 15) is 4.39 Å². The lowest BCUT2D eigenvalue weighted by Crippen LogP contribution is -2.31. The van der Waals surface area contributed by atoms with Crippen molar-refractivity contribution in [3.8, 4) is 11.4 Å². The third-order valence-electron chi connectivity index (χ3n) is 4.45. The molecule has 1 aromatic heterocycles. The zero-order valence-corrected chi connectivity index (χ0v) is 15.0. The van der Waals surface area contributed by atoms with Gasteiger partial charge in [-0.3, -0.25) is 5.01 Å². The molecule has 2 aromatic carbocycles. The number of hydrogen-bond donors (Lipinski definition) is 2. The van der Waals surface area contributed by atoms with E-state index in [1.54, 1.807) is 30.6 Å². The van der Waals surface area contributed by atoms with E-state index in [0.29, 0.717) is 22.9 Å². The highest BCUT2D eigenvalue weighted by molar-refractivity contribution is 6.31. The minimum absolute atomic E-state index is 0.235. The Morgan fingerprint density at radius 3 is 2.70 bits per heavy atom. The van der Waals surface area contributed by atoms with Gasteiger partial charge < -0.3 is 15.0 Å². The van der Waals surface area contributed by atoms with Crippen LogP contribution in [0.1, 0.15) is 11.4 Å². The van der Waals surface area contributed by atoms with Crippen LogP contribution in [0.5, 0.6) is 5.75 Å². The molecule has 1 aliphatic heterocycles. The Morgan fingerprint density at radius 1 is 1.19 bits per heavy atom. The van der Waals surface area contributed by atoms with Crippen molar-refractivity contribution in [2.24, 2.45) is 11.6 Å². The second-order valence-corrected chi connectivity index (χ2v) is 6.52. The number of anilines is 1. The van der Waals surface area contributed by atoms with Crippen molar-refractivity contribution in [3.63, 3.8) is 0 Å². The summed E-state index contributed by atoms with van der Waals surface area (Å²) in [6, 6.07) is 11.3. The van der Waals surface area contributed by atoms with Gasteiger partial charge in [0.15, 0.2) is 0 Å². The summed E-state index contributed by atoms with van der Waals surface area (Å²) in [7, 11) is 0. The van der Waals surface area contributed by atoms with Crippen LogP contribution in [0.2, 0.25) is 5.02 Å². The number of aromatic nitrogens is 2. The van der Waals surface area contributed by atoms with Gasteiger partial charge >= 0.3 is 0 Å². The van der Waals surface area contributed by atoms with Gasteiger partial charge in [-0.1, -0.05) is 11.6 Å². The standard InChI is InChI=1S/C19H17ClFN5O/c20-12-1-6-17-19(7-12)26(23)14(9-22)8-18-16(24-11-25(17)18)10-27-15-4-2-13(21)3-5-15/h1-7,9,11H,8,10,22-23H2/b14-9-. The van der Waals surface area contributed by atoms with Gasteiger partial charge in [-0.25, -0.2) is 15.2 Å². The second-order valence-electron chi connectivity index (χ2n) is 6.09. The first-order chi connectivity index (χ1) is 13.1. The molecule has 0 saturated carbocycles. The third kappa shape index (κ3) is 3.22. The lowest BCUT2D eigenvalue weighted by atomic mass is 10.2. The Balaban J connectivity index is 1.71. The van der Waals surface area contributed by atoms with Gasteiger partial charge in [-0.05, 0) is 42.5 Å². The Bertz CT molecular complexity index is 1020. The summed E-state index contributed by atoms with van der Waals surface area (Å²) in [6.45, 7) is 0.235. The molecule has 4 N–H and O–H groups in total. The van der Waals surface area contributed by atoms with E-state index in [2.05, 4.69) is 4.98 Å². The van der Waals surface area contributed by atoms with Crippen LogP contribution in [-0.2, 0) is 13.0 Å². The number of fused-ring (bicyclic) bond motifs is 3. The maximum absolute atomic E-state index is 13.0. The molecule has 0 amide bonds. The van der Waals surface area contributed by atoms with Crippen molar-refractivity contribution in [1.29, 1.82) is 0 Å². The third-order valence-corrected chi connectivity index (χ3v) is 4.68. The zero-order chi connectivity index (χ0) is 19.0. The first-order valence-electron chi connectivity index (χ1n) is 8.26. The van der Waals surface area contributed by atoms with Crippen molar-refractivity contribution in [3.05, 3.63) is 82.9 Å². The lowest BCUT2D eigenvalue weighted by molar-refractivity contribution is 0.300. The van der Waals surface area contributed by atoms with Crippen molar-refractivity contribution in [2.75, 3.05) is 5.01 Å². The summed E-state index contributed by atoms with van der Waals surface area (Å²) in [6.07, 6.45) is 3.66. The molecule has 0 fully saturated rings. The van der Waals surface area contributed by atoms with Gasteiger partial charge in [0.2, 0.25) is 0 Å². The topological polar surface area (TPSA) is 82.3 Å². The molecule has 0 bridgehead atoms. The molecule has 27 heavy (non-hydrogen) atoms. The molecular weight excluding hydrogens is 369 g/mol. The number of hydrogen-bond acceptors (Lipinski definition) is 5. The molecule has 0 saturated heterocycles. The number of nitrogens with zero attached hydrogens (tertiary/aromatic N) is 3. The van der Waals surface area contributed by atoms with Crippen molar-refractivity contribution < 1.29 is 9.13 Å². The smallest absolute Gasteiger partial charge is 0.132 e. The highest BCUT2D eigenvalue weighted by atomic mass is 35.5. The fourth-order valence-electron chi connectivity index (χ4n) is 3.05. The molecule has 0 spiro atoms. The molecule has 0 aliphatic carbocycles. The average Bonchev–Trinajstić information content (AvgIpc) is 3.02. The highest BCUT2D eigenvalue weighted by Gasteiger charge is 2.24. The van der Waals surface area contributed by atoms with E-state index in [-0.39, 0.29) is 12.4 Å². The first-order valence-corrected chi connectivity index (χ1v) is 8.63. The molecule has 1 aliphatic rings. The fourth-order valence-corrected chi connectivity index (χ4v) is 3.22. The van der Waals surface area contributed by atoms with Crippen LogP contribution in [0.15, 0.2) is 60.7 Å². The molecular formula is C19H17ClFN5O. The number of allylic oxidation sites excluding steroid dienone is 1. The molecule has 8 heteroatoms. The number of halogens is 2. The van der Waals surface area contributed by atoms with E-state index in [4.69, 9.17) is 27.9 Å². The molecule has 138 valence electrons. The van der Waals surface area contributed by atoms with Gasteiger partial charge in [0.1, 0.15) is 18.2 Å². The molecule has 6 nitrogen and oxygen atoms in total. The van der Waals surface area contributed by atoms with Gasteiger partial charge in [0.05, 0.1) is 34.8 Å². The normalized spacial score (nSPS) is 14.6. The monoisotopic (exact) mass is 385 g/mol. The second kappa shape index (κ2) is 6.94. The number of ether oxygens (including phenoxy) is 1. The van der Waals surface area contributed by atoms with Gasteiger partial charge in [0.25, 0.3) is 0 Å². The van der Waals surface area contributed by atoms with Crippen LogP contribution in [0.4, 0.5) is 10.1 Å². The minimum atomic E-state index is -0.311. The number of rotatable bonds is 3. The molecule has 0 radical (unpaired) electrons. The Morgan fingerprint density at radius 2 is 1.96 bits per heavy atom. The first kappa shape index (κ1) is 17.4. The van der Waals surface area contributed by atoms with E-state index in [1.165, 1.54) is 23.3 Å². The predicted molar refractivity (Wildman–Crippen MR) is 102 cm³/mol. The molecule has 0 atom stereocenters. The summed E-state index contributed by atoms with van der Waals surface area (Å²) in [4.78, 5) is 4.49. The Labute approximate surface area is 160 Å². The van der Waals surface area contributed by atoms with Crippen molar-refractivity contribution >= 4 is 17.3 Å². The number of imidazole rings is 1. The van der Waals surface area contributed by atoms with Crippen LogP contribution in [0, 0.1) is 5.82 Å². The summed E-state index contributed by atoms with van der Waals surface area (Å²) in [5.41, 5.74) is 9.73. The maximum atomic E-state index is 13.0. The number of nitrogens with two attached hydrogens (primary N) is 2. The van der Waals surface area contributed by atoms with Gasteiger partial charge in [-0.2, -0.15) is 0 Å². The molecule has 2 heterocycles. The van der Waals surface area contributed by atoms with E-state index in [1.807, 2.05) is 10.6 Å². The SMILES string of the molecule is N/C=C1/Cc2c(COc3ccc(F)cc3)ncn2-c2ccc(Cl)cc2N1N. The quantitative estimate of drug-likeness (QED) is 0.676. The lowest BCUT2D eigenvalue weighted by Gasteiger charge is -2.21. The van der Waals surface area contributed by atoms with Crippen molar-refractivity contribution in [2.45, 2.75) is 13.0 Å². The van der Waals surface area contributed by atoms with Gasteiger partial charge in [-0.15, -0.1) is 0 Å². The minimum Gasteiger partial charge on any atom is -0.487 e. The molecule has 3 aromatic rings. The largest absolute Gasteiger partial charge is 0.487 e. The van der Waals surface area contributed by atoms with Crippen LogP contribution in [-0.4, -0.2) is 9.55 Å². The summed E-state index contributed by atoms with van der Waals surface area (Å²) >= 11 is 6.14. The number of hydrazine groups is 1. The van der Waals surface area contributed by atoms with Gasteiger partial charge in [0, 0.05) is 17.6 Å². The molecule has 0 unspecified atom stereocenters. The maximum Gasteiger partial charge on any atom is 0.132 e. The summed E-state index contributed by atoms with van der Waals surface area (Å²) in [5.74, 6) is 6.52. The number of benzene rings is 2. The Kier molecular flexibility index (Phi) is 4.47. The van der Waals surface area contributed by atoms with Crippen LogP contribution < -0.4 is 21.3 Å². The van der Waals surface area contributed by atoms with E-state index in [0.717, 1.165) is 22.8 Å². The zero-order valence-electron chi connectivity index (χ0n) is 14.3. The van der Waals surface area contributed by atoms with Crippen LogP contribution in [0.3, 0.4) is 0 Å². The average molecular weight is 386 g/mol. The predicted octanol–water partition coefficient (Wildman–Crippen LogP) is 3.28. The fraction of sp³-hybridized carbons (Fsp3) is 0.105. The highest BCUT2D eigenvalue weighted by Crippen LogP contribution is 2.34. The van der Waals surface area contributed by atoms with Crippen LogP contribution in [0.25, 0.3) is 5.69 Å². The van der Waals surface area contributed by atoms with E-state index >= 15 is 0 Å². The van der Waals surface area contributed by atoms with Crippen LogP contribution >= 0.6 is 11.6 Å².